The van der Waals surface area contributed by atoms with Gasteiger partial charge < -0.3 is 4.74 Å². The Bertz CT molecular complexity index is 277. The Balaban J connectivity index is 3.66. The third-order valence-electron chi connectivity index (χ3n) is 1.08. The van der Waals surface area contributed by atoms with Crippen LogP contribution >= 0.6 is 0 Å². The molecule has 0 fully saturated rings. The SMILES string of the molecule is CC/C=C/C(=O)OCCS(=O)(=O)O. The summed E-state index contributed by atoms with van der Waals surface area (Å²) in [5.41, 5.74) is 0. The van der Waals surface area contributed by atoms with Crippen molar-refractivity contribution in [1.82, 2.24) is 0 Å². The molecule has 5 nitrogen and oxygen atoms in total. The van der Waals surface area contributed by atoms with Crippen LogP contribution in [0.15, 0.2) is 12.2 Å². The van der Waals surface area contributed by atoms with Crippen LogP contribution < -0.4 is 0 Å². The molecule has 0 aromatic rings. The van der Waals surface area contributed by atoms with Gasteiger partial charge in [-0.2, -0.15) is 8.42 Å². The molecule has 1 N–H and O–H groups in total. The van der Waals surface area contributed by atoms with Crippen LogP contribution in [0.2, 0.25) is 0 Å². The lowest BCUT2D eigenvalue weighted by atomic mass is 10.4. The van der Waals surface area contributed by atoms with E-state index in [1.54, 1.807) is 6.08 Å². The predicted octanol–water partition coefficient (Wildman–Crippen LogP) is 0.384. The highest BCUT2D eigenvalue weighted by molar-refractivity contribution is 7.85. The van der Waals surface area contributed by atoms with Crippen molar-refractivity contribution in [3.05, 3.63) is 12.2 Å². The smallest absolute Gasteiger partial charge is 0.330 e. The minimum absolute atomic E-state index is 0.328. The van der Waals surface area contributed by atoms with Crippen LogP contribution in [-0.4, -0.2) is 31.3 Å². The summed E-state index contributed by atoms with van der Waals surface area (Å²) in [5.74, 6) is -1.18. The van der Waals surface area contributed by atoms with Crippen LogP contribution in [0.1, 0.15) is 13.3 Å². The van der Waals surface area contributed by atoms with E-state index in [1.807, 2.05) is 6.92 Å². The normalized spacial score (nSPS) is 11.8. The summed E-state index contributed by atoms with van der Waals surface area (Å²) < 4.78 is 33.1. The number of carbonyl (C=O) groups excluding carboxylic acids is 1. The van der Waals surface area contributed by atoms with E-state index >= 15 is 0 Å². The Morgan fingerprint density at radius 2 is 2.15 bits per heavy atom. The number of carbonyl (C=O) groups is 1. The van der Waals surface area contributed by atoms with Crippen molar-refractivity contribution in [2.24, 2.45) is 0 Å². The van der Waals surface area contributed by atoms with Crippen LogP contribution in [0.25, 0.3) is 0 Å². The molecule has 13 heavy (non-hydrogen) atoms. The average Bonchev–Trinajstić information content (AvgIpc) is 1.98. The molecule has 0 heterocycles. The highest BCUT2D eigenvalue weighted by Gasteiger charge is 2.05. The minimum atomic E-state index is -4.04. The number of hydrogen-bond donors (Lipinski definition) is 1. The van der Waals surface area contributed by atoms with Gasteiger partial charge >= 0.3 is 5.97 Å². The lowest BCUT2D eigenvalue weighted by molar-refractivity contribution is -0.137. The van der Waals surface area contributed by atoms with E-state index in [1.165, 1.54) is 6.08 Å². The van der Waals surface area contributed by atoms with E-state index in [0.717, 1.165) is 0 Å². The molecule has 0 amide bonds. The first-order valence-corrected chi connectivity index (χ1v) is 5.35. The molecule has 0 rings (SSSR count). The second kappa shape index (κ2) is 5.71. The van der Waals surface area contributed by atoms with Gasteiger partial charge in [-0.15, -0.1) is 0 Å². The zero-order chi connectivity index (χ0) is 10.3. The molecule has 0 atom stereocenters. The van der Waals surface area contributed by atoms with Crippen LogP contribution in [0, 0.1) is 0 Å². The minimum Gasteiger partial charge on any atom is -0.461 e. The Morgan fingerprint density at radius 3 is 2.62 bits per heavy atom. The van der Waals surface area contributed by atoms with Crippen molar-refractivity contribution in [3.8, 4) is 0 Å². The van der Waals surface area contributed by atoms with Gasteiger partial charge in [-0.05, 0) is 6.42 Å². The molecule has 76 valence electrons. The Hall–Kier alpha value is -0.880. The van der Waals surface area contributed by atoms with E-state index < -0.39 is 21.8 Å². The van der Waals surface area contributed by atoms with Gasteiger partial charge in [0.1, 0.15) is 12.4 Å². The first kappa shape index (κ1) is 12.1. The maximum Gasteiger partial charge on any atom is 0.330 e. The molecule has 0 aliphatic rings. The van der Waals surface area contributed by atoms with E-state index in [-0.39, 0.29) is 6.61 Å². The Labute approximate surface area is 77.1 Å². The molecule has 0 unspecified atom stereocenters. The number of esters is 1. The molecule has 0 radical (unpaired) electrons. The van der Waals surface area contributed by atoms with Crippen molar-refractivity contribution in [3.63, 3.8) is 0 Å². The highest BCUT2D eigenvalue weighted by atomic mass is 32.2. The fraction of sp³-hybridized carbons (Fsp3) is 0.571. The van der Waals surface area contributed by atoms with E-state index in [4.69, 9.17) is 4.55 Å². The topological polar surface area (TPSA) is 80.7 Å². The van der Waals surface area contributed by atoms with Crippen molar-refractivity contribution in [2.75, 3.05) is 12.4 Å². The van der Waals surface area contributed by atoms with Gasteiger partial charge in [0, 0.05) is 6.08 Å². The molecule has 6 heteroatoms. The molecule has 0 saturated heterocycles. The molecule has 0 aromatic carbocycles. The second-order valence-electron chi connectivity index (χ2n) is 2.26. The van der Waals surface area contributed by atoms with Gasteiger partial charge in [-0.25, -0.2) is 4.79 Å². The van der Waals surface area contributed by atoms with Crippen molar-refractivity contribution < 1.29 is 22.5 Å². The number of ether oxygens (including phenoxy) is 1. The van der Waals surface area contributed by atoms with Crippen LogP contribution in [0.4, 0.5) is 0 Å². The number of allylic oxidation sites excluding steroid dienone is 1. The highest BCUT2D eigenvalue weighted by Crippen LogP contribution is 1.87. The molecule has 0 aliphatic carbocycles. The van der Waals surface area contributed by atoms with Crippen molar-refractivity contribution in [1.29, 1.82) is 0 Å². The van der Waals surface area contributed by atoms with Gasteiger partial charge in [0.15, 0.2) is 0 Å². The van der Waals surface area contributed by atoms with Crippen LogP contribution in [0.3, 0.4) is 0 Å². The number of hydrogen-bond acceptors (Lipinski definition) is 4. The van der Waals surface area contributed by atoms with Crippen LogP contribution in [0.5, 0.6) is 0 Å². The van der Waals surface area contributed by atoms with Crippen molar-refractivity contribution >= 4 is 16.1 Å². The summed E-state index contributed by atoms with van der Waals surface area (Å²) >= 11 is 0. The fourth-order valence-corrected chi connectivity index (χ4v) is 0.804. The second-order valence-corrected chi connectivity index (χ2v) is 3.84. The van der Waals surface area contributed by atoms with E-state index in [0.29, 0.717) is 6.42 Å². The third kappa shape index (κ3) is 9.03. The van der Waals surface area contributed by atoms with Gasteiger partial charge in [0.25, 0.3) is 10.1 Å². The van der Waals surface area contributed by atoms with Gasteiger partial charge in [-0.1, -0.05) is 13.0 Å². The van der Waals surface area contributed by atoms with E-state index in [9.17, 15) is 13.2 Å². The molecule has 0 aliphatic heterocycles. The van der Waals surface area contributed by atoms with Crippen LogP contribution in [-0.2, 0) is 19.6 Å². The zero-order valence-electron chi connectivity index (χ0n) is 7.26. The predicted molar refractivity (Wildman–Crippen MR) is 46.8 cm³/mol. The quantitative estimate of drug-likeness (QED) is 0.401. The molecule has 0 bridgehead atoms. The largest absolute Gasteiger partial charge is 0.461 e. The summed E-state index contributed by atoms with van der Waals surface area (Å²) in [6, 6.07) is 0. The summed E-state index contributed by atoms with van der Waals surface area (Å²) in [4.78, 5) is 10.7. The maximum atomic E-state index is 10.7. The summed E-state index contributed by atoms with van der Waals surface area (Å²) in [6.45, 7) is 1.52. The van der Waals surface area contributed by atoms with Gasteiger partial charge in [-0.3, -0.25) is 4.55 Å². The standard InChI is InChI=1S/C7H12O5S/c1-2-3-4-7(8)12-5-6-13(9,10)11/h3-4H,2,5-6H2,1H3,(H,9,10,11)/b4-3+. The zero-order valence-corrected chi connectivity index (χ0v) is 8.08. The van der Waals surface area contributed by atoms with Gasteiger partial charge in [0.05, 0.1) is 0 Å². The van der Waals surface area contributed by atoms with Crippen molar-refractivity contribution in [2.45, 2.75) is 13.3 Å². The van der Waals surface area contributed by atoms with E-state index in [2.05, 4.69) is 4.74 Å². The fourth-order valence-electron chi connectivity index (χ4n) is 0.510. The molecular weight excluding hydrogens is 196 g/mol. The third-order valence-corrected chi connectivity index (χ3v) is 1.76. The average molecular weight is 208 g/mol. The molecule has 0 spiro atoms. The van der Waals surface area contributed by atoms with Gasteiger partial charge in [0.2, 0.25) is 0 Å². The first-order valence-electron chi connectivity index (χ1n) is 3.74. The maximum absolute atomic E-state index is 10.7. The Morgan fingerprint density at radius 1 is 1.54 bits per heavy atom. The molecule has 0 aromatic heterocycles. The lowest BCUT2D eigenvalue weighted by Crippen LogP contribution is -2.13. The molecule has 0 saturated carbocycles. The first-order chi connectivity index (χ1) is 5.95. The lowest BCUT2D eigenvalue weighted by Gasteiger charge is -1.98. The monoisotopic (exact) mass is 208 g/mol. The number of rotatable bonds is 5. The summed E-state index contributed by atoms with van der Waals surface area (Å²) in [5, 5.41) is 0. The summed E-state index contributed by atoms with van der Waals surface area (Å²) in [7, 11) is -4.04. The summed E-state index contributed by atoms with van der Waals surface area (Å²) in [6.07, 6.45) is 3.51. The Kier molecular flexibility index (Phi) is 5.33. The molecular formula is C7H12O5S.